The SMILES string of the molecule is COc1ccc(C2SCC(=O)N2C(CC(C)C)C(=O)N(C)C)cc1OC. The summed E-state index contributed by atoms with van der Waals surface area (Å²) in [5, 5.41) is -0.213. The maximum atomic E-state index is 12.8. The summed E-state index contributed by atoms with van der Waals surface area (Å²) in [4.78, 5) is 28.8. The van der Waals surface area contributed by atoms with Gasteiger partial charge in [0.2, 0.25) is 11.8 Å². The molecule has 2 unspecified atom stereocenters. The molecule has 0 saturated carbocycles. The summed E-state index contributed by atoms with van der Waals surface area (Å²) in [5.74, 6) is 1.88. The highest BCUT2D eigenvalue weighted by molar-refractivity contribution is 8.00. The van der Waals surface area contributed by atoms with E-state index in [1.807, 2.05) is 18.2 Å². The minimum absolute atomic E-state index is 0.00404. The number of carbonyl (C=O) groups excluding carboxylic acids is 2. The maximum Gasteiger partial charge on any atom is 0.244 e. The standard InChI is InChI=1S/C19H28N2O4S/c1-12(2)9-14(18(23)20(3)4)21-17(22)11-26-19(21)13-7-8-15(24-5)16(10-13)25-6/h7-8,10,12,14,19H,9,11H2,1-6H3. The number of rotatable bonds is 7. The van der Waals surface area contributed by atoms with Gasteiger partial charge in [0.05, 0.1) is 20.0 Å². The van der Waals surface area contributed by atoms with Crippen molar-refractivity contribution in [3.8, 4) is 11.5 Å². The normalized spacial score (nSPS) is 18.2. The summed E-state index contributed by atoms with van der Waals surface area (Å²) >= 11 is 1.54. The fourth-order valence-corrected chi connectivity index (χ4v) is 4.33. The Balaban J connectivity index is 2.41. The van der Waals surface area contributed by atoms with Gasteiger partial charge in [-0.15, -0.1) is 11.8 Å². The number of methoxy groups -OCH3 is 2. The minimum atomic E-state index is -0.467. The molecule has 1 aromatic carbocycles. The number of ether oxygens (including phenoxy) is 2. The summed E-state index contributed by atoms with van der Waals surface area (Å²) in [5.41, 5.74) is 0.929. The van der Waals surface area contributed by atoms with E-state index in [-0.39, 0.29) is 17.2 Å². The third kappa shape index (κ3) is 4.26. The third-order valence-corrected chi connectivity index (χ3v) is 5.58. The van der Waals surface area contributed by atoms with E-state index in [9.17, 15) is 9.59 Å². The quantitative estimate of drug-likeness (QED) is 0.728. The van der Waals surface area contributed by atoms with Gasteiger partial charge < -0.3 is 19.3 Å². The van der Waals surface area contributed by atoms with Crippen molar-refractivity contribution in [1.29, 1.82) is 0 Å². The second-order valence-corrected chi connectivity index (χ2v) is 8.03. The zero-order valence-electron chi connectivity index (χ0n) is 16.3. The molecule has 144 valence electrons. The number of nitrogens with zero attached hydrogens (tertiary/aromatic N) is 2. The Morgan fingerprint density at radius 1 is 1.27 bits per heavy atom. The average Bonchev–Trinajstić information content (AvgIpc) is 2.99. The van der Waals surface area contributed by atoms with E-state index in [0.717, 1.165) is 5.56 Å². The van der Waals surface area contributed by atoms with Gasteiger partial charge in [0.25, 0.3) is 0 Å². The Bertz CT molecular complexity index is 663. The molecule has 0 aromatic heterocycles. The van der Waals surface area contributed by atoms with Crippen LogP contribution >= 0.6 is 11.8 Å². The molecule has 1 aliphatic heterocycles. The lowest BCUT2D eigenvalue weighted by Gasteiger charge is -2.34. The van der Waals surface area contributed by atoms with Crippen molar-refractivity contribution < 1.29 is 19.1 Å². The van der Waals surface area contributed by atoms with E-state index < -0.39 is 6.04 Å². The highest BCUT2D eigenvalue weighted by Crippen LogP contribution is 2.43. The molecule has 0 aliphatic carbocycles. The van der Waals surface area contributed by atoms with Crippen LogP contribution in [-0.4, -0.2) is 61.7 Å². The molecular formula is C19H28N2O4S. The highest BCUT2D eigenvalue weighted by atomic mass is 32.2. The zero-order valence-corrected chi connectivity index (χ0v) is 17.1. The zero-order chi connectivity index (χ0) is 19.4. The lowest BCUT2D eigenvalue weighted by molar-refractivity contribution is -0.143. The van der Waals surface area contributed by atoms with Gasteiger partial charge >= 0.3 is 0 Å². The van der Waals surface area contributed by atoms with Crippen LogP contribution in [-0.2, 0) is 9.59 Å². The van der Waals surface area contributed by atoms with Crippen LogP contribution < -0.4 is 9.47 Å². The van der Waals surface area contributed by atoms with E-state index in [2.05, 4.69) is 13.8 Å². The van der Waals surface area contributed by atoms with Crippen LogP contribution in [0.15, 0.2) is 18.2 Å². The lowest BCUT2D eigenvalue weighted by Crippen LogP contribution is -2.48. The summed E-state index contributed by atoms with van der Waals surface area (Å²) in [6.45, 7) is 4.13. The van der Waals surface area contributed by atoms with Gasteiger partial charge in [0, 0.05) is 14.1 Å². The Kier molecular flexibility index (Phi) is 6.81. The van der Waals surface area contributed by atoms with E-state index in [1.165, 1.54) is 11.8 Å². The number of amides is 2. The fraction of sp³-hybridized carbons (Fsp3) is 0.579. The molecule has 0 radical (unpaired) electrons. The Hall–Kier alpha value is -1.89. The molecule has 1 aromatic rings. The maximum absolute atomic E-state index is 12.8. The van der Waals surface area contributed by atoms with Gasteiger partial charge in [-0.25, -0.2) is 0 Å². The summed E-state index contributed by atoms with van der Waals surface area (Å²) in [6.07, 6.45) is 0.632. The first-order valence-electron chi connectivity index (χ1n) is 8.66. The van der Waals surface area contributed by atoms with Gasteiger partial charge in [-0.2, -0.15) is 0 Å². The third-order valence-electron chi connectivity index (χ3n) is 4.35. The van der Waals surface area contributed by atoms with Gasteiger partial charge in [-0.3, -0.25) is 9.59 Å². The first-order chi connectivity index (χ1) is 12.3. The molecule has 0 bridgehead atoms. The summed E-state index contributed by atoms with van der Waals surface area (Å²) in [6, 6.07) is 5.18. The van der Waals surface area contributed by atoms with Crippen molar-refractivity contribution in [2.24, 2.45) is 5.92 Å². The van der Waals surface area contributed by atoms with Gasteiger partial charge in [0.15, 0.2) is 11.5 Å². The minimum Gasteiger partial charge on any atom is -0.493 e. The Morgan fingerprint density at radius 2 is 1.92 bits per heavy atom. The van der Waals surface area contributed by atoms with Crippen LogP contribution in [0.1, 0.15) is 31.2 Å². The monoisotopic (exact) mass is 380 g/mol. The molecule has 2 amide bonds. The van der Waals surface area contributed by atoms with E-state index in [4.69, 9.17) is 9.47 Å². The highest BCUT2D eigenvalue weighted by Gasteiger charge is 2.41. The van der Waals surface area contributed by atoms with Crippen LogP contribution in [0, 0.1) is 5.92 Å². The smallest absolute Gasteiger partial charge is 0.244 e. The largest absolute Gasteiger partial charge is 0.493 e. The van der Waals surface area contributed by atoms with Crippen LogP contribution in [0.3, 0.4) is 0 Å². The lowest BCUT2D eigenvalue weighted by atomic mass is 10.00. The predicted molar refractivity (Wildman–Crippen MR) is 104 cm³/mol. The molecule has 7 heteroatoms. The number of thioether (sulfide) groups is 1. The first kappa shape index (κ1) is 20.4. The second-order valence-electron chi connectivity index (χ2n) is 6.96. The van der Waals surface area contributed by atoms with Gasteiger partial charge in [-0.1, -0.05) is 19.9 Å². The molecule has 0 N–H and O–H groups in total. The molecule has 2 rings (SSSR count). The number of benzene rings is 1. The van der Waals surface area contributed by atoms with Crippen molar-refractivity contribution in [2.75, 3.05) is 34.1 Å². The van der Waals surface area contributed by atoms with Crippen molar-refractivity contribution in [1.82, 2.24) is 9.80 Å². The fourth-order valence-electron chi connectivity index (χ4n) is 3.11. The molecule has 1 saturated heterocycles. The molecule has 1 heterocycles. The molecular weight excluding hydrogens is 352 g/mol. The summed E-state index contributed by atoms with van der Waals surface area (Å²) in [7, 11) is 6.64. The number of hydrogen-bond donors (Lipinski definition) is 0. The molecule has 2 atom stereocenters. The Morgan fingerprint density at radius 3 is 2.46 bits per heavy atom. The van der Waals surface area contributed by atoms with E-state index in [0.29, 0.717) is 29.6 Å². The van der Waals surface area contributed by atoms with Crippen LogP contribution in [0.25, 0.3) is 0 Å². The van der Waals surface area contributed by atoms with Gasteiger partial charge in [0.1, 0.15) is 11.4 Å². The van der Waals surface area contributed by atoms with E-state index >= 15 is 0 Å². The molecule has 0 spiro atoms. The van der Waals surface area contributed by atoms with Crippen molar-refractivity contribution in [3.05, 3.63) is 23.8 Å². The molecule has 1 aliphatic rings. The van der Waals surface area contributed by atoms with Crippen LogP contribution in [0.5, 0.6) is 11.5 Å². The van der Waals surface area contributed by atoms with Crippen LogP contribution in [0.4, 0.5) is 0 Å². The first-order valence-corrected chi connectivity index (χ1v) is 9.70. The van der Waals surface area contributed by atoms with Crippen molar-refractivity contribution >= 4 is 23.6 Å². The topological polar surface area (TPSA) is 59.1 Å². The number of hydrogen-bond acceptors (Lipinski definition) is 5. The van der Waals surface area contributed by atoms with Gasteiger partial charge in [-0.05, 0) is 30.0 Å². The molecule has 26 heavy (non-hydrogen) atoms. The Labute approximate surface area is 159 Å². The molecule has 6 nitrogen and oxygen atoms in total. The van der Waals surface area contributed by atoms with Crippen molar-refractivity contribution in [3.63, 3.8) is 0 Å². The van der Waals surface area contributed by atoms with E-state index in [1.54, 1.807) is 38.1 Å². The van der Waals surface area contributed by atoms with Crippen molar-refractivity contribution in [2.45, 2.75) is 31.7 Å². The number of likely N-dealkylation sites (N-methyl/N-ethyl adjacent to an activating group) is 1. The molecule has 1 fully saturated rings. The number of carbonyl (C=O) groups is 2. The second kappa shape index (κ2) is 8.66. The predicted octanol–water partition coefficient (Wildman–Crippen LogP) is 2.78. The van der Waals surface area contributed by atoms with Crippen LogP contribution in [0.2, 0.25) is 0 Å². The average molecular weight is 381 g/mol. The summed E-state index contributed by atoms with van der Waals surface area (Å²) < 4.78 is 10.7.